The summed E-state index contributed by atoms with van der Waals surface area (Å²) in [6.07, 6.45) is 0.921. The van der Waals surface area contributed by atoms with Gasteiger partial charge in [0, 0.05) is 6.54 Å². The van der Waals surface area contributed by atoms with Gasteiger partial charge in [-0.05, 0) is 6.42 Å². The first-order valence-corrected chi connectivity index (χ1v) is 5.40. The minimum absolute atomic E-state index is 0.188. The summed E-state index contributed by atoms with van der Waals surface area (Å²) in [5, 5.41) is 11.5. The average molecular weight is 197 g/mol. The van der Waals surface area contributed by atoms with Crippen molar-refractivity contribution >= 4 is 10.1 Å². The van der Waals surface area contributed by atoms with Gasteiger partial charge in [-0.15, -0.1) is 0 Å². The van der Waals surface area contributed by atoms with E-state index in [1.807, 2.05) is 6.92 Å². The zero-order valence-electron chi connectivity index (χ0n) is 7.02. The molecule has 0 bridgehead atoms. The van der Waals surface area contributed by atoms with E-state index in [1.54, 1.807) is 0 Å². The Morgan fingerprint density at radius 1 is 1.50 bits per heavy atom. The Hall–Kier alpha value is -0.170. The maximum Gasteiger partial charge on any atom is 0.278 e. The lowest BCUT2D eigenvalue weighted by Gasteiger charge is -2.08. The number of hydrogen-bond donors (Lipinski definition) is 3. The SMILES string of the molecule is CCCC(O)CNCS(=O)(=O)O. The van der Waals surface area contributed by atoms with E-state index in [0.717, 1.165) is 6.42 Å². The van der Waals surface area contributed by atoms with Crippen molar-refractivity contribution in [3.8, 4) is 0 Å². The number of aliphatic hydroxyl groups excluding tert-OH is 1. The topological polar surface area (TPSA) is 86.6 Å². The van der Waals surface area contributed by atoms with Gasteiger partial charge < -0.3 is 5.11 Å². The molecule has 0 aromatic heterocycles. The minimum atomic E-state index is -3.96. The van der Waals surface area contributed by atoms with Gasteiger partial charge in [-0.3, -0.25) is 9.87 Å². The molecule has 0 aromatic carbocycles. The molecular weight excluding hydrogens is 182 g/mol. The molecule has 74 valence electrons. The first-order chi connectivity index (χ1) is 5.45. The summed E-state index contributed by atoms with van der Waals surface area (Å²) in [5.74, 6) is -0.506. The molecule has 5 nitrogen and oxygen atoms in total. The lowest BCUT2D eigenvalue weighted by Crippen LogP contribution is -2.30. The van der Waals surface area contributed by atoms with E-state index in [2.05, 4.69) is 5.32 Å². The van der Waals surface area contributed by atoms with E-state index in [9.17, 15) is 8.42 Å². The molecular formula is C6H15NO4S. The van der Waals surface area contributed by atoms with E-state index >= 15 is 0 Å². The normalized spacial score (nSPS) is 14.6. The van der Waals surface area contributed by atoms with Gasteiger partial charge in [0.2, 0.25) is 0 Å². The Morgan fingerprint density at radius 2 is 2.08 bits per heavy atom. The maximum absolute atomic E-state index is 10.2. The molecule has 0 aliphatic carbocycles. The molecule has 1 atom stereocenters. The lowest BCUT2D eigenvalue weighted by molar-refractivity contribution is 0.162. The summed E-state index contributed by atoms with van der Waals surface area (Å²) >= 11 is 0. The molecule has 6 heteroatoms. The van der Waals surface area contributed by atoms with Crippen molar-refractivity contribution < 1.29 is 18.1 Å². The summed E-state index contributed by atoms with van der Waals surface area (Å²) in [4.78, 5) is 0. The van der Waals surface area contributed by atoms with Crippen molar-refractivity contribution in [2.75, 3.05) is 12.4 Å². The fraction of sp³-hybridized carbons (Fsp3) is 1.00. The predicted octanol–water partition coefficient (Wildman–Crippen LogP) is -0.418. The van der Waals surface area contributed by atoms with Crippen LogP contribution in [-0.4, -0.2) is 36.6 Å². The quantitative estimate of drug-likeness (QED) is 0.503. The van der Waals surface area contributed by atoms with E-state index in [1.165, 1.54) is 0 Å². The van der Waals surface area contributed by atoms with Crippen molar-refractivity contribution in [3.63, 3.8) is 0 Å². The highest BCUT2D eigenvalue weighted by Crippen LogP contribution is 1.93. The highest BCUT2D eigenvalue weighted by molar-refractivity contribution is 7.85. The standard InChI is InChI=1S/C6H15NO4S/c1-2-3-6(8)4-7-5-12(9,10)11/h6-8H,2-5H2,1H3,(H,9,10,11). The fourth-order valence-corrected chi connectivity index (χ4v) is 1.17. The van der Waals surface area contributed by atoms with E-state index in [-0.39, 0.29) is 6.54 Å². The minimum Gasteiger partial charge on any atom is -0.392 e. The number of aliphatic hydroxyl groups is 1. The molecule has 0 aliphatic rings. The van der Waals surface area contributed by atoms with Crippen LogP contribution in [0.5, 0.6) is 0 Å². The Balaban J connectivity index is 3.44. The van der Waals surface area contributed by atoms with Crippen molar-refractivity contribution in [1.82, 2.24) is 5.32 Å². The molecule has 0 fully saturated rings. The largest absolute Gasteiger partial charge is 0.392 e. The molecule has 0 heterocycles. The van der Waals surface area contributed by atoms with Gasteiger partial charge in [0.25, 0.3) is 10.1 Å². The van der Waals surface area contributed by atoms with E-state index in [0.29, 0.717) is 6.42 Å². The summed E-state index contributed by atoms with van der Waals surface area (Å²) in [5.41, 5.74) is 0. The van der Waals surface area contributed by atoms with Crippen LogP contribution in [0.1, 0.15) is 19.8 Å². The fourth-order valence-electron chi connectivity index (χ4n) is 0.790. The van der Waals surface area contributed by atoms with Crippen LogP contribution in [-0.2, 0) is 10.1 Å². The molecule has 0 radical (unpaired) electrons. The molecule has 0 aliphatic heterocycles. The van der Waals surface area contributed by atoms with Crippen molar-refractivity contribution in [1.29, 1.82) is 0 Å². The monoisotopic (exact) mass is 197 g/mol. The molecule has 0 saturated heterocycles. The molecule has 0 amide bonds. The molecule has 12 heavy (non-hydrogen) atoms. The second-order valence-corrected chi connectivity index (χ2v) is 4.08. The second kappa shape index (κ2) is 5.47. The molecule has 3 N–H and O–H groups in total. The zero-order valence-corrected chi connectivity index (χ0v) is 7.84. The van der Waals surface area contributed by atoms with Crippen LogP contribution in [0.3, 0.4) is 0 Å². The molecule has 0 aromatic rings. The van der Waals surface area contributed by atoms with Gasteiger partial charge in [-0.2, -0.15) is 8.42 Å². The lowest BCUT2D eigenvalue weighted by atomic mass is 10.2. The van der Waals surface area contributed by atoms with Crippen LogP contribution in [0, 0.1) is 0 Å². The van der Waals surface area contributed by atoms with E-state index < -0.39 is 22.1 Å². The van der Waals surface area contributed by atoms with Crippen LogP contribution >= 0.6 is 0 Å². The van der Waals surface area contributed by atoms with Gasteiger partial charge in [0.05, 0.1) is 6.10 Å². The molecule has 0 spiro atoms. The van der Waals surface area contributed by atoms with E-state index in [4.69, 9.17) is 9.66 Å². The summed E-state index contributed by atoms with van der Waals surface area (Å²) in [6.45, 7) is 2.11. The highest BCUT2D eigenvalue weighted by Gasteiger charge is 2.06. The van der Waals surface area contributed by atoms with Crippen LogP contribution in [0.15, 0.2) is 0 Å². The number of nitrogens with one attached hydrogen (secondary N) is 1. The third-order valence-electron chi connectivity index (χ3n) is 1.29. The molecule has 1 unspecified atom stereocenters. The van der Waals surface area contributed by atoms with Crippen molar-refractivity contribution in [3.05, 3.63) is 0 Å². The second-order valence-electron chi connectivity index (χ2n) is 2.62. The molecule has 0 saturated carbocycles. The Morgan fingerprint density at radius 3 is 2.50 bits per heavy atom. The van der Waals surface area contributed by atoms with Gasteiger partial charge in [-0.25, -0.2) is 0 Å². The summed E-state index contributed by atoms with van der Waals surface area (Å²) in [7, 11) is -3.96. The van der Waals surface area contributed by atoms with Crippen molar-refractivity contribution in [2.45, 2.75) is 25.9 Å². The van der Waals surface area contributed by atoms with Gasteiger partial charge >= 0.3 is 0 Å². The van der Waals surface area contributed by atoms with Crippen LogP contribution in [0.25, 0.3) is 0 Å². The number of hydrogen-bond acceptors (Lipinski definition) is 4. The van der Waals surface area contributed by atoms with Crippen LogP contribution in [0.4, 0.5) is 0 Å². The van der Waals surface area contributed by atoms with Crippen LogP contribution < -0.4 is 5.32 Å². The zero-order chi connectivity index (χ0) is 9.61. The predicted molar refractivity (Wildman–Crippen MR) is 45.3 cm³/mol. The third kappa shape index (κ3) is 7.93. The maximum atomic E-state index is 10.2. The number of rotatable bonds is 6. The Bertz CT molecular complexity index is 202. The van der Waals surface area contributed by atoms with Gasteiger partial charge in [0.1, 0.15) is 5.88 Å². The smallest absolute Gasteiger partial charge is 0.278 e. The average Bonchev–Trinajstić information content (AvgIpc) is 1.84. The van der Waals surface area contributed by atoms with Gasteiger partial charge in [-0.1, -0.05) is 13.3 Å². The molecule has 0 rings (SSSR count). The summed E-state index contributed by atoms with van der Waals surface area (Å²) in [6, 6.07) is 0. The van der Waals surface area contributed by atoms with Crippen molar-refractivity contribution in [2.24, 2.45) is 0 Å². The summed E-state index contributed by atoms with van der Waals surface area (Å²) < 4.78 is 28.7. The Kier molecular flexibility index (Phi) is 5.39. The highest BCUT2D eigenvalue weighted by atomic mass is 32.2. The van der Waals surface area contributed by atoms with Crippen LogP contribution in [0.2, 0.25) is 0 Å². The first-order valence-electron chi connectivity index (χ1n) is 3.79. The first kappa shape index (κ1) is 11.8. The Labute approximate surface area is 72.5 Å². The third-order valence-corrected chi connectivity index (χ3v) is 1.86. The van der Waals surface area contributed by atoms with Gasteiger partial charge in [0.15, 0.2) is 0 Å².